The molecule has 0 amide bonds. The molecule has 0 saturated carbocycles. The third-order valence-corrected chi connectivity index (χ3v) is 12.6. The number of rotatable bonds is 5. The standard InChI is InChI=1S/C56H41NO/c1-55(2)45-25-12-13-26-46(45)56(48-37-34-41-22-9-10-24-44(41)53(48)55)47-27-14-16-31-52(47)58-54-49(56)28-17-30-51(54)57(42-35-32-39(33-36-42)38-18-5-3-6-19-38)50-29-15-11-23-43(50)40-20-7-4-8-21-40/h3-37H,1-2H3. The highest BCUT2D eigenvalue weighted by Crippen LogP contribution is 2.64. The smallest absolute Gasteiger partial charge is 0.156 e. The molecule has 1 heterocycles. The molecule has 0 bridgehead atoms. The lowest BCUT2D eigenvalue weighted by atomic mass is 9.53. The monoisotopic (exact) mass is 743 g/mol. The molecule has 0 radical (unpaired) electrons. The first-order chi connectivity index (χ1) is 28.5. The number of ether oxygens (including phenoxy) is 1. The van der Waals surface area contributed by atoms with Gasteiger partial charge in [0.1, 0.15) is 5.75 Å². The second kappa shape index (κ2) is 13.2. The van der Waals surface area contributed by atoms with Gasteiger partial charge >= 0.3 is 0 Å². The molecule has 0 N–H and O–H groups in total. The van der Waals surface area contributed by atoms with E-state index in [9.17, 15) is 0 Å². The first-order valence-electron chi connectivity index (χ1n) is 20.2. The Bertz CT molecular complexity index is 3000. The third kappa shape index (κ3) is 4.98. The minimum absolute atomic E-state index is 0.260. The van der Waals surface area contributed by atoms with E-state index in [-0.39, 0.29) is 5.41 Å². The summed E-state index contributed by atoms with van der Waals surface area (Å²) >= 11 is 0. The molecule has 2 heteroatoms. The Balaban J connectivity index is 1.23. The van der Waals surface area contributed by atoms with Crippen LogP contribution in [0, 0.1) is 0 Å². The van der Waals surface area contributed by atoms with Crippen LogP contribution in [0.5, 0.6) is 11.5 Å². The molecular formula is C56H41NO. The van der Waals surface area contributed by atoms with Gasteiger partial charge in [-0.25, -0.2) is 0 Å². The predicted molar refractivity (Wildman–Crippen MR) is 240 cm³/mol. The van der Waals surface area contributed by atoms with E-state index in [1.807, 2.05) is 0 Å². The fraction of sp³-hybridized carbons (Fsp3) is 0.0714. The second-order valence-electron chi connectivity index (χ2n) is 16.0. The van der Waals surface area contributed by atoms with Crippen molar-refractivity contribution >= 4 is 27.8 Å². The lowest BCUT2D eigenvalue weighted by Crippen LogP contribution is -2.43. The summed E-state index contributed by atoms with van der Waals surface area (Å²) in [4.78, 5) is 2.40. The molecular weight excluding hydrogens is 703 g/mol. The van der Waals surface area contributed by atoms with Gasteiger partial charge in [-0.1, -0.05) is 196 Å². The molecule has 2 nitrogen and oxygen atoms in total. The summed E-state index contributed by atoms with van der Waals surface area (Å²) in [5, 5.41) is 2.54. The summed E-state index contributed by atoms with van der Waals surface area (Å²) in [6.07, 6.45) is 0. The van der Waals surface area contributed by atoms with E-state index < -0.39 is 5.41 Å². The molecule has 11 rings (SSSR count). The molecule has 1 aliphatic heterocycles. The van der Waals surface area contributed by atoms with Gasteiger partial charge in [-0.3, -0.25) is 0 Å². The number of para-hydroxylation sites is 3. The van der Waals surface area contributed by atoms with Gasteiger partial charge in [-0.05, 0) is 80.0 Å². The van der Waals surface area contributed by atoms with Crippen LogP contribution < -0.4 is 9.64 Å². The molecule has 9 aromatic carbocycles. The van der Waals surface area contributed by atoms with E-state index in [1.54, 1.807) is 0 Å². The lowest BCUT2D eigenvalue weighted by Gasteiger charge is -2.50. The highest BCUT2D eigenvalue weighted by Gasteiger charge is 2.54. The van der Waals surface area contributed by atoms with Crippen LogP contribution in [0.1, 0.15) is 47.2 Å². The van der Waals surface area contributed by atoms with E-state index >= 15 is 0 Å². The molecule has 1 aliphatic carbocycles. The first kappa shape index (κ1) is 34.1. The number of hydrogen-bond donors (Lipinski definition) is 0. The first-order valence-corrected chi connectivity index (χ1v) is 20.2. The summed E-state index contributed by atoms with van der Waals surface area (Å²) in [6.45, 7) is 4.79. The molecule has 0 aromatic heterocycles. The zero-order valence-corrected chi connectivity index (χ0v) is 32.6. The van der Waals surface area contributed by atoms with Crippen molar-refractivity contribution in [1.82, 2.24) is 0 Å². The molecule has 1 spiro atoms. The molecule has 58 heavy (non-hydrogen) atoms. The second-order valence-corrected chi connectivity index (χ2v) is 16.0. The van der Waals surface area contributed by atoms with Gasteiger partial charge in [-0.15, -0.1) is 0 Å². The average Bonchev–Trinajstić information content (AvgIpc) is 3.29. The van der Waals surface area contributed by atoms with Gasteiger partial charge in [0, 0.05) is 27.8 Å². The van der Waals surface area contributed by atoms with Crippen LogP contribution in [-0.2, 0) is 10.8 Å². The van der Waals surface area contributed by atoms with Crippen molar-refractivity contribution in [2.24, 2.45) is 0 Å². The summed E-state index contributed by atoms with van der Waals surface area (Å²) in [7, 11) is 0. The van der Waals surface area contributed by atoms with E-state index in [4.69, 9.17) is 4.74 Å². The van der Waals surface area contributed by atoms with E-state index in [0.29, 0.717) is 0 Å². The maximum atomic E-state index is 7.33. The minimum Gasteiger partial charge on any atom is -0.454 e. The number of hydrogen-bond acceptors (Lipinski definition) is 2. The number of fused-ring (bicyclic) bond motifs is 10. The van der Waals surface area contributed by atoms with E-state index in [1.165, 1.54) is 44.2 Å². The highest BCUT2D eigenvalue weighted by molar-refractivity contribution is 5.95. The van der Waals surface area contributed by atoms with Crippen molar-refractivity contribution in [3.63, 3.8) is 0 Å². The van der Waals surface area contributed by atoms with Crippen molar-refractivity contribution in [2.75, 3.05) is 4.90 Å². The van der Waals surface area contributed by atoms with Gasteiger partial charge in [-0.2, -0.15) is 0 Å². The fourth-order valence-electron chi connectivity index (χ4n) is 10.1. The predicted octanol–water partition coefficient (Wildman–Crippen LogP) is 14.8. The van der Waals surface area contributed by atoms with Crippen LogP contribution in [0.25, 0.3) is 33.0 Å². The topological polar surface area (TPSA) is 12.5 Å². The van der Waals surface area contributed by atoms with Crippen molar-refractivity contribution < 1.29 is 4.74 Å². The van der Waals surface area contributed by atoms with Crippen molar-refractivity contribution in [1.29, 1.82) is 0 Å². The van der Waals surface area contributed by atoms with Gasteiger partial charge < -0.3 is 9.64 Å². The van der Waals surface area contributed by atoms with Crippen molar-refractivity contribution in [3.05, 3.63) is 246 Å². The Morgan fingerprint density at radius 1 is 0.397 bits per heavy atom. The Morgan fingerprint density at radius 2 is 0.983 bits per heavy atom. The lowest BCUT2D eigenvalue weighted by molar-refractivity contribution is 0.427. The summed E-state index contributed by atoms with van der Waals surface area (Å²) in [6, 6.07) is 77.2. The fourth-order valence-corrected chi connectivity index (χ4v) is 10.1. The Kier molecular flexibility index (Phi) is 7.78. The van der Waals surface area contributed by atoms with Crippen LogP contribution >= 0.6 is 0 Å². The molecule has 1 atom stereocenters. The zero-order valence-electron chi connectivity index (χ0n) is 32.6. The largest absolute Gasteiger partial charge is 0.454 e. The van der Waals surface area contributed by atoms with Crippen LogP contribution in [0.4, 0.5) is 17.1 Å². The number of nitrogens with zero attached hydrogens (tertiary/aromatic N) is 1. The molecule has 0 fully saturated rings. The van der Waals surface area contributed by atoms with Crippen LogP contribution in [-0.4, -0.2) is 0 Å². The maximum absolute atomic E-state index is 7.33. The van der Waals surface area contributed by atoms with Gasteiger partial charge in [0.25, 0.3) is 0 Å². The highest BCUT2D eigenvalue weighted by atomic mass is 16.5. The molecule has 9 aromatic rings. The Morgan fingerprint density at radius 3 is 1.78 bits per heavy atom. The quantitative estimate of drug-likeness (QED) is 0.174. The Labute approximate surface area is 340 Å². The summed E-state index contributed by atoms with van der Waals surface area (Å²) in [5.74, 6) is 1.72. The summed E-state index contributed by atoms with van der Waals surface area (Å²) < 4.78 is 7.33. The summed E-state index contributed by atoms with van der Waals surface area (Å²) in [5.41, 5.74) is 14.4. The minimum atomic E-state index is -0.659. The van der Waals surface area contributed by atoms with Crippen LogP contribution in [0.3, 0.4) is 0 Å². The zero-order chi connectivity index (χ0) is 38.8. The SMILES string of the molecule is CC1(C)c2ccccc2C2(c3ccccc3Oc3c(N(c4ccc(-c5ccccc5)cc4)c4ccccc4-c4ccccc4)cccc32)c2ccc3ccccc3c21. The molecule has 0 saturated heterocycles. The number of benzene rings is 9. The van der Waals surface area contributed by atoms with Crippen molar-refractivity contribution in [3.8, 4) is 33.8 Å². The van der Waals surface area contributed by atoms with Crippen molar-refractivity contribution in [2.45, 2.75) is 24.7 Å². The maximum Gasteiger partial charge on any atom is 0.156 e. The van der Waals surface area contributed by atoms with Gasteiger partial charge in [0.05, 0.1) is 16.8 Å². The Hall–Kier alpha value is -7.16. The number of anilines is 3. The third-order valence-electron chi connectivity index (χ3n) is 12.6. The van der Waals surface area contributed by atoms with E-state index in [2.05, 4.69) is 231 Å². The van der Waals surface area contributed by atoms with Gasteiger partial charge in [0.15, 0.2) is 5.75 Å². The molecule has 1 unspecified atom stereocenters. The van der Waals surface area contributed by atoms with Crippen LogP contribution in [0.2, 0.25) is 0 Å². The normalized spacial score (nSPS) is 15.8. The van der Waals surface area contributed by atoms with E-state index in [0.717, 1.165) is 50.8 Å². The molecule has 2 aliphatic rings. The van der Waals surface area contributed by atoms with Crippen LogP contribution in [0.15, 0.2) is 212 Å². The van der Waals surface area contributed by atoms with Gasteiger partial charge in [0.2, 0.25) is 0 Å². The average molecular weight is 744 g/mol. The molecule has 276 valence electrons.